The molecule has 9 nitrogen and oxygen atoms in total. The minimum atomic E-state index is -1.05. The van der Waals surface area contributed by atoms with Crippen molar-refractivity contribution in [3.8, 4) is 18.0 Å². The summed E-state index contributed by atoms with van der Waals surface area (Å²) in [5, 5.41) is 23.3. The molecular weight excluding hydrogens is 406 g/mol. The number of aromatic nitrogens is 1. The van der Waals surface area contributed by atoms with Gasteiger partial charge in [0.1, 0.15) is 29.3 Å². The van der Waals surface area contributed by atoms with Crippen molar-refractivity contribution >= 4 is 23.3 Å². The van der Waals surface area contributed by atoms with E-state index in [4.69, 9.17) is 21.5 Å². The molecule has 0 spiro atoms. The number of hydrogen-bond acceptors (Lipinski definition) is 9. The summed E-state index contributed by atoms with van der Waals surface area (Å²) in [6.07, 6.45) is 4.21. The van der Waals surface area contributed by atoms with E-state index in [1.54, 1.807) is 6.19 Å². The number of hydrogen-bond donors (Lipinski definition) is 4. The van der Waals surface area contributed by atoms with Crippen LogP contribution in [0.15, 0.2) is 17.1 Å². The van der Waals surface area contributed by atoms with Crippen LogP contribution in [0.5, 0.6) is 5.75 Å². The van der Waals surface area contributed by atoms with Gasteiger partial charge in [-0.05, 0) is 24.1 Å². The van der Waals surface area contributed by atoms with Crippen molar-refractivity contribution in [2.24, 2.45) is 4.99 Å². The number of ether oxygens (including phenoxy) is 1. The monoisotopic (exact) mass is 426 g/mol. The maximum atomic E-state index is 14.7. The smallest absolute Gasteiger partial charge is 0.211 e. The fourth-order valence-electron chi connectivity index (χ4n) is 3.22. The van der Waals surface area contributed by atoms with Crippen molar-refractivity contribution in [1.29, 1.82) is 10.5 Å². The summed E-state index contributed by atoms with van der Waals surface area (Å²) in [4.78, 5) is 8.37. The maximum Gasteiger partial charge on any atom is 0.211 e. The number of nitrogens with two attached hydrogens (primary N) is 2. The van der Waals surface area contributed by atoms with Gasteiger partial charge in [0, 0.05) is 5.56 Å². The number of rotatable bonds is 6. The molecule has 1 aromatic heterocycles. The van der Waals surface area contributed by atoms with Crippen LogP contribution in [-0.4, -0.2) is 17.6 Å². The molecule has 6 N–H and O–H groups in total. The van der Waals surface area contributed by atoms with E-state index in [1.165, 1.54) is 0 Å². The Kier molecular flexibility index (Phi) is 6.36. The third-order valence-electron chi connectivity index (χ3n) is 4.69. The molecule has 0 aliphatic carbocycles. The number of aliphatic imine (C=N–C) groups is 1. The van der Waals surface area contributed by atoms with Gasteiger partial charge in [-0.2, -0.15) is 10.5 Å². The molecule has 3 rings (SSSR count). The zero-order chi connectivity index (χ0) is 22.5. The fourth-order valence-corrected chi connectivity index (χ4v) is 3.22. The number of nitrogens with one attached hydrogen (secondary N) is 2. The second kappa shape index (κ2) is 9.13. The third kappa shape index (κ3) is 4.26. The normalized spacial score (nSPS) is 14.5. The summed E-state index contributed by atoms with van der Waals surface area (Å²) in [6, 6.07) is 2.97. The summed E-state index contributed by atoms with van der Waals surface area (Å²) in [5.74, 6) is -2.31. The number of guanidine groups is 1. The van der Waals surface area contributed by atoms with E-state index in [-0.39, 0.29) is 46.6 Å². The summed E-state index contributed by atoms with van der Waals surface area (Å²) in [7, 11) is 0. The van der Waals surface area contributed by atoms with Crippen LogP contribution in [-0.2, 0) is 0 Å². The van der Waals surface area contributed by atoms with E-state index >= 15 is 0 Å². The molecule has 11 heteroatoms. The standard InChI is InChI=1S/C20H20F2N8O/c1-2-3-4-5-31-17-12(21)6-10(7-13(17)22)16-14-15(25)11(8-23)18(26)29-19(14)30-20(28-16)27-9-24/h6-7,16H,2-5H2,1H3,(H6,25,26,27,28,29,30). The molecule has 1 aliphatic heterocycles. The molecule has 0 bridgehead atoms. The lowest BCUT2D eigenvalue weighted by atomic mass is 9.95. The summed E-state index contributed by atoms with van der Waals surface area (Å²) >= 11 is 0. The molecule has 1 atom stereocenters. The highest BCUT2D eigenvalue weighted by Gasteiger charge is 2.31. The lowest BCUT2D eigenvalue weighted by molar-refractivity contribution is 0.276. The zero-order valence-corrected chi connectivity index (χ0v) is 16.7. The molecular formula is C20H20F2N8O. The summed E-state index contributed by atoms with van der Waals surface area (Å²) in [6.45, 7) is 2.20. The Morgan fingerprint density at radius 2 is 1.94 bits per heavy atom. The van der Waals surface area contributed by atoms with Crippen LogP contribution in [0, 0.1) is 34.4 Å². The van der Waals surface area contributed by atoms with Gasteiger partial charge in [-0.1, -0.05) is 19.8 Å². The molecule has 31 heavy (non-hydrogen) atoms. The summed E-state index contributed by atoms with van der Waals surface area (Å²) in [5.41, 5.74) is 12.1. The number of unbranched alkanes of at least 4 members (excludes halogenated alkanes) is 2. The number of benzene rings is 1. The van der Waals surface area contributed by atoms with E-state index in [0.717, 1.165) is 25.0 Å². The second-order valence-corrected chi connectivity index (χ2v) is 6.77. The van der Waals surface area contributed by atoms with Gasteiger partial charge in [0.15, 0.2) is 23.6 Å². The van der Waals surface area contributed by atoms with E-state index in [9.17, 15) is 14.0 Å². The quantitative estimate of drug-likeness (QED) is 0.312. The second-order valence-electron chi connectivity index (χ2n) is 6.77. The van der Waals surface area contributed by atoms with Crippen molar-refractivity contribution in [3.63, 3.8) is 0 Å². The molecule has 0 radical (unpaired) electrons. The molecule has 0 fully saturated rings. The third-order valence-corrected chi connectivity index (χ3v) is 4.69. The number of pyridine rings is 1. The number of nitrogens with zero attached hydrogens (tertiary/aromatic N) is 4. The Labute approximate surface area is 177 Å². The van der Waals surface area contributed by atoms with Crippen molar-refractivity contribution < 1.29 is 13.5 Å². The van der Waals surface area contributed by atoms with Crippen LogP contribution in [0.3, 0.4) is 0 Å². The van der Waals surface area contributed by atoms with Gasteiger partial charge in [0.25, 0.3) is 0 Å². The highest BCUT2D eigenvalue weighted by molar-refractivity contribution is 5.98. The number of nitriles is 2. The molecule has 0 saturated carbocycles. The largest absolute Gasteiger partial charge is 0.488 e. The van der Waals surface area contributed by atoms with Crippen molar-refractivity contribution in [2.75, 3.05) is 23.4 Å². The molecule has 1 unspecified atom stereocenters. The average molecular weight is 426 g/mol. The molecule has 2 heterocycles. The predicted octanol–water partition coefficient (Wildman–Crippen LogP) is 2.91. The topological polar surface area (TPSA) is 158 Å². The van der Waals surface area contributed by atoms with Crippen molar-refractivity contribution in [1.82, 2.24) is 10.3 Å². The number of anilines is 3. The minimum Gasteiger partial charge on any atom is -0.488 e. The first-order valence-corrected chi connectivity index (χ1v) is 9.51. The Morgan fingerprint density at radius 3 is 2.55 bits per heavy atom. The van der Waals surface area contributed by atoms with Gasteiger partial charge in [0.2, 0.25) is 5.96 Å². The highest BCUT2D eigenvalue weighted by Crippen LogP contribution is 2.41. The Balaban J connectivity index is 2.08. The molecule has 1 aromatic carbocycles. The number of fused-ring (bicyclic) bond motifs is 1. The van der Waals surface area contributed by atoms with Crippen LogP contribution < -0.4 is 26.8 Å². The van der Waals surface area contributed by atoms with E-state index in [0.29, 0.717) is 6.42 Å². The Bertz CT molecular complexity index is 1100. The fraction of sp³-hybridized carbons (Fsp3) is 0.300. The van der Waals surface area contributed by atoms with Crippen LogP contribution in [0.1, 0.15) is 48.9 Å². The van der Waals surface area contributed by atoms with E-state index < -0.39 is 23.4 Å². The van der Waals surface area contributed by atoms with Gasteiger partial charge in [0.05, 0.1) is 12.3 Å². The molecule has 1 aliphatic rings. The van der Waals surface area contributed by atoms with E-state index in [2.05, 4.69) is 20.6 Å². The Hall–Kier alpha value is -4.12. The number of halogens is 2. The van der Waals surface area contributed by atoms with Gasteiger partial charge in [-0.25, -0.2) is 18.8 Å². The lowest BCUT2D eigenvalue weighted by Crippen LogP contribution is -2.32. The van der Waals surface area contributed by atoms with Crippen LogP contribution in [0.25, 0.3) is 0 Å². The SMILES string of the molecule is CCCCCOc1c(F)cc(C2N=C(NC#N)Nc3nc(N)c(C#N)c(N)c32)cc1F. The first-order valence-electron chi connectivity index (χ1n) is 9.51. The van der Waals surface area contributed by atoms with Crippen LogP contribution >= 0.6 is 0 Å². The predicted molar refractivity (Wildman–Crippen MR) is 111 cm³/mol. The first kappa shape index (κ1) is 21.6. The van der Waals surface area contributed by atoms with Crippen molar-refractivity contribution in [3.05, 3.63) is 40.5 Å². The molecule has 0 saturated heterocycles. The highest BCUT2D eigenvalue weighted by atomic mass is 19.1. The minimum absolute atomic E-state index is 0.0169. The van der Waals surface area contributed by atoms with Crippen molar-refractivity contribution in [2.45, 2.75) is 32.2 Å². The molecule has 2 aromatic rings. The summed E-state index contributed by atoms with van der Waals surface area (Å²) < 4.78 is 34.6. The molecule has 0 amide bonds. The number of nitrogen functional groups attached to an aromatic ring is 2. The first-order chi connectivity index (χ1) is 14.9. The van der Waals surface area contributed by atoms with Crippen LogP contribution in [0.2, 0.25) is 0 Å². The maximum absolute atomic E-state index is 14.7. The lowest BCUT2D eigenvalue weighted by Gasteiger charge is -2.26. The van der Waals surface area contributed by atoms with E-state index in [1.807, 2.05) is 13.0 Å². The average Bonchev–Trinajstić information content (AvgIpc) is 2.72. The zero-order valence-electron chi connectivity index (χ0n) is 16.7. The van der Waals surface area contributed by atoms with Gasteiger partial charge in [-0.15, -0.1) is 0 Å². The van der Waals surface area contributed by atoms with Gasteiger partial charge in [-0.3, -0.25) is 5.32 Å². The van der Waals surface area contributed by atoms with Gasteiger partial charge >= 0.3 is 0 Å². The Morgan fingerprint density at radius 1 is 1.23 bits per heavy atom. The van der Waals surface area contributed by atoms with Gasteiger partial charge < -0.3 is 21.5 Å². The van der Waals surface area contributed by atoms with Crippen LogP contribution in [0.4, 0.5) is 26.1 Å². The molecule has 160 valence electrons.